The van der Waals surface area contributed by atoms with Gasteiger partial charge >= 0.3 is 15.3 Å². The average molecular weight is 264 g/mol. The molecule has 0 bridgehead atoms. The summed E-state index contributed by atoms with van der Waals surface area (Å²) in [6, 6.07) is 5.12. The van der Waals surface area contributed by atoms with E-state index in [1.807, 2.05) is 6.92 Å². The zero-order valence-corrected chi connectivity index (χ0v) is 10.2. The monoisotopic (exact) mass is 263 g/mol. The molecule has 0 aromatic heterocycles. The fourth-order valence-electron chi connectivity index (χ4n) is 1.13. The summed E-state index contributed by atoms with van der Waals surface area (Å²) in [5.74, 6) is 0.281. The van der Waals surface area contributed by atoms with Gasteiger partial charge in [-0.05, 0) is 25.5 Å². The normalized spacial score (nSPS) is 10.9. The molecule has 1 amide bonds. The molecule has 0 aliphatic rings. The number of aryl methyl sites for hydroxylation is 2. The van der Waals surface area contributed by atoms with Crippen LogP contribution in [0.25, 0.3) is 0 Å². The third-order valence-electron chi connectivity index (χ3n) is 1.74. The molecule has 1 N–H and O–H groups in total. The van der Waals surface area contributed by atoms with Crippen molar-refractivity contribution in [2.24, 2.45) is 0 Å². The number of nitrogens with one attached hydrogen (secondary N) is 1. The van der Waals surface area contributed by atoms with E-state index in [1.54, 1.807) is 25.1 Å². The number of rotatable bonds is 2. The summed E-state index contributed by atoms with van der Waals surface area (Å²) in [7, 11) is 0.703. The lowest BCUT2D eigenvalue weighted by atomic mass is 10.1. The van der Waals surface area contributed by atoms with Crippen LogP contribution in [0.2, 0.25) is 0 Å². The molecule has 1 aromatic rings. The molecule has 0 saturated heterocycles. The van der Waals surface area contributed by atoms with Crippen LogP contribution in [-0.2, 0) is 9.24 Å². The van der Waals surface area contributed by atoms with E-state index in [4.69, 9.17) is 15.4 Å². The summed E-state index contributed by atoms with van der Waals surface area (Å²) in [6.45, 7) is 3.63. The van der Waals surface area contributed by atoms with Crippen molar-refractivity contribution in [1.29, 1.82) is 0 Å². The van der Waals surface area contributed by atoms with E-state index < -0.39 is 15.3 Å². The lowest BCUT2D eigenvalue weighted by Crippen LogP contribution is -2.29. The number of hydrogen-bond acceptors (Lipinski definition) is 4. The number of carbonyl (C=O) groups excluding carboxylic acids is 1. The standard InChI is InChI=1S/C9H10ClNO4S/c1-6-3-4-8(7(2)5-6)15-9(12)11-16(10,13)14/h3-5H,1-2H3,(H,11,12). The maximum Gasteiger partial charge on any atom is 0.427 e. The Balaban J connectivity index is 2.78. The summed E-state index contributed by atoms with van der Waals surface area (Å²) in [6.07, 6.45) is -1.14. The van der Waals surface area contributed by atoms with Gasteiger partial charge in [0.05, 0.1) is 0 Å². The van der Waals surface area contributed by atoms with Crippen LogP contribution in [0, 0.1) is 13.8 Å². The van der Waals surface area contributed by atoms with Crippen LogP contribution < -0.4 is 9.46 Å². The van der Waals surface area contributed by atoms with Crippen molar-refractivity contribution < 1.29 is 17.9 Å². The molecule has 0 fully saturated rings. The van der Waals surface area contributed by atoms with Gasteiger partial charge < -0.3 is 4.74 Å². The molecule has 5 nitrogen and oxygen atoms in total. The molecule has 0 saturated carbocycles. The van der Waals surface area contributed by atoms with Crippen molar-refractivity contribution in [2.75, 3.05) is 0 Å². The van der Waals surface area contributed by atoms with Gasteiger partial charge in [-0.1, -0.05) is 17.7 Å². The van der Waals surface area contributed by atoms with Crippen molar-refractivity contribution in [3.05, 3.63) is 29.3 Å². The minimum Gasteiger partial charge on any atom is -0.409 e. The molecule has 0 radical (unpaired) electrons. The van der Waals surface area contributed by atoms with E-state index in [-0.39, 0.29) is 5.75 Å². The number of carbonyl (C=O) groups is 1. The SMILES string of the molecule is Cc1ccc(OC(=O)NS(=O)(=O)Cl)c(C)c1. The molecule has 0 heterocycles. The van der Waals surface area contributed by atoms with E-state index >= 15 is 0 Å². The van der Waals surface area contributed by atoms with Crippen molar-refractivity contribution >= 4 is 26.0 Å². The molecule has 0 atom stereocenters. The van der Waals surface area contributed by atoms with Gasteiger partial charge in [0.25, 0.3) is 0 Å². The number of hydrogen-bond donors (Lipinski definition) is 1. The van der Waals surface area contributed by atoms with Crippen LogP contribution in [0.3, 0.4) is 0 Å². The maximum atomic E-state index is 11.1. The lowest BCUT2D eigenvalue weighted by molar-refractivity contribution is 0.206. The van der Waals surface area contributed by atoms with Crippen LogP contribution >= 0.6 is 10.7 Å². The highest BCUT2D eigenvalue weighted by molar-refractivity contribution is 8.12. The second-order valence-corrected chi connectivity index (χ2v) is 5.50. The van der Waals surface area contributed by atoms with E-state index in [2.05, 4.69) is 0 Å². The quantitative estimate of drug-likeness (QED) is 0.827. The Morgan fingerprint density at radius 2 is 2.00 bits per heavy atom. The summed E-state index contributed by atoms with van der Waals surface area (Å²) in [5, 5.41) is 0. The van der Waals surface area contributed by atoms with Gasteiger partial charge in [0.2, 0.25) is 0 Å². The Labute approximate surface area is 97.9 Å². The number of amides is 1. The Hall–Kier alpha value is -1.27. The zero-order valence-electron chi connectivity index (χ0n) is 8.65. The van der Waals surface area contributed by atoms with Crippen molar-refractivity contribution in [3.63, 3.8) is 0 Å². The van der Waals surface area contributed by atoms with Crippen molar-refractivity contribution in [2.45, 2.75) is 13.8 Å². The predicted octanol–water partition coefficient (Wildman–Crippen LogP) is 1.88. The summed E-state index contributed by atoms with van der Waals surface area (Å²) in [4.78, 5) is 11.1. The minimum absolute atomic E-state index is 0.281. The number of benzene rings is 1. The third-order valence-corrected chi connectivity index (χ3v) is 2.38. The van der Waals surface area contributed by atoms with E-state index in [0.717, 1.165) is 11.1 Å². The zero-order chi connectivity index (χ0) is 12.3. The molecule has 0 aliphatic carbocycles. The second-order valence-electron chi connectivity index (χ2n) is 3.20. The van der Waals surface area contributed by atoms with Gasteiger partial charge in [-0.25, -0.2) is 9.52 Å². The third kappa shape index (κ3) is 4.08. The smallest absolute Gasteiger partial charge is 0.409 e. The van der Waals surface area contributed by atoms with Gasteiger partial charge in [0.1, 0.15) is 5.75 Å². The van der Waals surface area contributed by atoms with Gasteiger partial charge in [-0.3, -0.25) is 0 Å². The van der Waals surface area contributed by atoms with Gasteiger partial charge in [-0.2, -0.15) is 8.42 Å². The van der Waals surface area contributed by atoms with Gasteiger partial charge in [0.15, 0.2) is 0 Å². The highest BCUT2D eigenvalue weighted by atomic mass is 35.7. The second kappa shape index (κ2) is 4.71. The molecule has 7 heteroatoms. The van der Waals surface area contributed by atoms with Crippen LogP contribution in [0.4, 0.5) is 4.79 Å². The Bertz CT molecular complexity index is 512. The first-order valence-electron chi connectivity index (χ1n) is 4.29. The molecule has 16 heavy (non-hydrogen) atoms. The van der Waals surface area contributed by atoms with Crippen LogP contribution in [0.1, 0.15) is 11.1 Å². The molecule has 1 rings (SSSR count). The highest BCUT2D eigenvalue weighted by Crippen LogP contribution is 2.18. The minimum atomic E-state index is -4.12. The topological polar surface area (TPSA) is 72.5 Å². The summed E-state index contributed by atoms with van der Waals surface area (Å²) < 4.78 is 27.3. The molecule has 0 spiro atoms. The molecule has 0 aliphatic heterocycles. The maximum absolute atomic E-state index is 11.1. The highest BCUT2D eigenvalue weighted by Gasteiger charge is 2.13. The number of halogens is 1. The summed E-state index contributed by atoms with van der Waals surface area (Å²) in [5.41, 5.74) is 1.73. The Morgan fingerprint density at radius 1 is 1.38 bits per heavy atom. The molecule has 88 valence electrons. The first-order chi connectivity index (χ1) is 7.28. The average Bonchev–Trinajstić information content (AvgIpc) is 2.06. The van der Waals surface area contributed by atoms with Gasteiger partial charge in [0, 0.05) is 10.7 Å². The Kier molecular flexibility index (Phi) is 3.77. The fraction of sp³-hybridized carbons (Fsp3) is 0.222. The van der Waals surface area contributed by atoms with E-state index in [9.17, 15) is 13.2 Å². The van der Waals surface area contributed by atoms with E-state index in [1.165, 1.54) is 4.72 Å². The van der Waals surface area contributed by atoms with Crippen LogP contribution in [0.15, 0.2) is 18.2 Å². The van der Waals surface area contributed by atoms with Crippen molar-refractivity contribution in [1.82, 2.24) is 4.72 Å². The molecular weight excluding hydrogens is 254 g/mol. The van der Waals surface area contributed by atoms with Crippen LogP contribution in [0.5, 0.6) is 5.75 Å². The molecule has 1 aromatic carbocycles. The number of ether oxygens (including phenoxy) is 1. The predicted molar refractivity (Wildman–Crippen MR) is 59.8 cm³/mol. The first-order valence-corrected chi connectivity index (χ1v) is 6.60. The van der Waals surface area contributed by atoms with E-state index in [0.29, 0.717) is 0 Å². The Morgan fingerprint density at radius 3 is 2.50 bits per heavy atom. The fourth-order valence-corrected chi connectivity index (χ4v) is 1.56. The molecule has 0 unspecified atom stereocenters. The van der Waals surface area contributed by atoms with Gasteiger partial charge in [-0.15, -0.1) is 0 Å². The van der Waals surface area contributed by atoms with Crippen molar-refractivity contribution in [3.8, 4) is 5.75 Å². The first kappa shape index (κ1) is 12.8. The largest absolute Gasteiger partial charge is 0.427 e. The van der Waals surface area contributed by atoms with Crippen LogP contribution in [-0.4, -0.2) is 14.5 Å². The lowest BCUT2D eigenvalue weighted by Gasteiger charge is -2.07. The summed E-state index contributed by atoms with van der Waals surface area (Å²) >= 11 is 0. The molecular formula is C9H10ClNO4S.